The van der Waals surface area contributed by atoms with Crippen molar-refractivity contribution in [2.75, 3.05) is 18.4 Å². The number of likely N-dealkylation sites (tertiary alicyclic amines) is 1. The van der Waals surface area contributed by atoms with Crippen LogP contribution in [0.25, 0.3) is 0 Å². The lowest BCUT2D eigenvalue weighted by molar-refractivity contribution is -0.132. The van der Waals surface area contributed by atoms with Gasteiger partial charge in [0.05, 0.1) is 0 Å². The van der Waals surface area contributed by atoms with Crippen molar-refractivity contribution in [3.8, 4) is 0 Å². The smallest absolute Gasteiger partial charge is 0.244 e. The Hall–Kier alpha value is -1.65. The standard InChI is InChI=1S/C13H20N4O/c1-10-8-12(15-9-14-10)16-11(2)13(18)17-6-4-3-5-7-17/h8-9,11H,3-7H2,1-2H3,(H,14,15,16). The van der Waals surface area contributed by atoms with E-state index >= 15 is 0 Å². The van der Waals surface area contributed by atoms with Gasteiger partial charge < -0.3 is 10.2 Å². The van der Waals surface area contributed by atoms with E-state index in [2.05, 4.69) is 15.3 Å². The fraction of sp³-hybridized carbons (Fsp3) is 0.615. The number of hydrogen-bond donors (Lipinski definition) is 1. The molecule has 98 valence electrons. The average Bonchev–Trinajstić information content (AvgIpc) is 2.39. The highest BCUT2D eigenvalue weighted by molar-refractivity contribution is 5.84. The van der Waals surface area contributed by atoms with Crippen LogP contribution in [0.1, 0.15) is 31.9 Å². The first-order valence-electron chi connectivity index (χ1n) is 6.51. The second-order valence-electron chi connectivity index (χ2n) is 4.80. The molecule has 1 aliphatic heterocycles. The van der Waals surface area contributed by atoms with Crippen molar-refractivity contribution in [2.24, 2.45) is 0 Å². The number of carbonyl (C=O) groups excluding carboxylic acids is 1. The SMILES string of the molecule is Cc1cc(NC(C)C(=O)N2CCCCC2)ncn1. The Bertz CT molecular complexity index is 415. The molecule has 2 heterocycles. The van der Waals surface area contributed by atoms with E-state index in [9.17, 15) is 4.79 Å². The number of aryl methyl sites for hydroxylation is 1. The second-order valence-corrected chi connectivity index (χ2v) is 4.80. The quantitative estimate of drug-likeness (QED) is 0.882. The predicted molar refractivity (Wildman–Crippen MR) is 70.3 cm³/mol. The maximum Gasteiger partial charge on any atom is 0.244 e. The molecule has 5 heteroatoms. The van der Waals surface area contributed by atoms with E-state index in [-0.39, 0.29) is 11.9 Å². The molecule has 0 aliphatic carbocycles. The molecule has 0 radical (unpaired) electrons. The molecule has 1 aliphatic rings. The van der Waals surface area contributed by atoms with Crippen LogP contribution >= 0.6 is 0 Å². The second kappa shape index (κ2) is 5.80. The first-order chi connectivity index (χ1) is 8.66. The van der Waals surface area contributed by atoms with Gasteiger partial charge in [-0.25, -0.2) is 9.97 Å². The Morgan fingerprint density at radius 2 is 2.06 bits per heavy atom. The van der Waals surface area contributed by atoms with E-state index in [0.29, 0.717) is 5.82 Å². The van der Waals surface area contributed by atoms with Gasteiger partial charge in [0.2, 0.25) is 5.91 Å². The zero-order valence-electron chi connectivity index (χ0n) is 11.0. The largest absolute Gasteiger partial charge is 0.359 e. The summed E-state index contributed by atoms with van der Waals surface area (Å²) < 4.78 is 0. The van der Waals surface area contributed by atoms with Gasteiger partial charge in [-0.05, 0) is 33.1 Å². The van der Waals surface area contributed by atoms with Crippen LogP contribution in [-0.2, 0) is 4.79 Å². The molecule has 1 saturated heterocycles. The van der Waals surface area contributed by atoms with Gasteiger partial charge in [0.1, 0.15) is 18.2 Å². The lowest BCUT2D eigenvalue weighted by Crippen LogP contribution is -2.44. The maximum atomic E-state index is 12.2. The number of hydrogen-bond acceptors (Lipinski definition) is 4. The highest BCUT2D eigenvalue weighted by atomic mass is 16.2. The van der Waals surface area contributed by atoms with Crippen LogP contribution < -0.4 is 5.32 Å². The molecule has 0 spiro atoms. The van der Waals surface area contributed by atoms with Crippen molar-refractivity contribution in [1.29, 1.82) is 0 Å². The molecule has 5 nitrogen and oxygen atoms in total. The van der Waals surface area contributed by atoms with E-state index in [1.807, 2.05) is 24.8 Å². The minimum absolute atomic E-state index is 0.158. The minimum Gasteiger partial charge on any atom is -0.359 e. The Morgan fingerprint density at radius 1 is 1.33 bits per heavy atom. The molecular formula is C13H20N4O. The summed E-state index contributed by atoms with van der Waals surface area (Å²) in [5.74, 6) is 0.867. The predicted octanol–water partition coefficient (Wildman–Crippen LogP) is 1.60. The van der Waals surface area contributed by atoms with E-state index in [1.54, 1.807) is 0 Å². The number of rotatable bonds is 3. The van der Waals surface area contributed by atoms with E-state index in [1.165, 1.54) is 12.7 Å². The van der Waals surface area contributed by atoms with Crippen molar-refractivity contribution in [2.45, 2.75) is 39.2 Å². The van der Waals surface area contributed by atoms with Crippen LogP contribution in [0.4, 0.5) is 5.82 Å². The first-order valence-corrected chi connectivity index (χ1v) is 6.51. The third-order valence-electron chi connectivity index (χ3n) is 3.21. The van der Waals surface area contributed by atoms with Gasteiger partial charge in [-0.15, -0.1) is 0 Å². The van der Waals surface area contributed by atoms with Gasteiger partial charge in [-0.2, -0.15) is 0 Å². The zero-order chi connectivity index (χ0) is 13.0. The average molecular weight is 248 g/mol. The highest BCUT2D eigenvalue weighted by Crippen LogP contribution is 2.12. The lowest BCUT2D eigenvalue weighted by atomic mass is 10.1. The van der Waals surface area contributed by atoms with Crippen LogP contribution in [0.3, 0.4) is 0 Å². The minimum atomic E-state index is -0.239. The number of nitrogens with one attached hydrogen (secondary N) is 1. The normalized spacial score (nSPS) is 17.3. The van der Waals surface area contributed by atoms with Gasteiger partial charge >= 0.3 is 0 Å². The van der Waals surface area contributed by atoms with E-state index in [4.69, 9.17) is 0 Å². The van der Waals surface area contributed by atoms with Crippen LogP contribution in [0.15, 0.2) is 12.4 Å². The van der Waals surface area contributed by atoms with Crippen molar-refractivity contribution >= 4 is 11.7 Å². The third kappa shape index (κ3) is 3.18. The molecule has 0 bridgehead atoms. The van der Waals surface area contributed by atoms with Gasteiger partial charge in [0, 0.05) is 24.8 Å². The summed E-state index contributed by atoms with van der Waals surface area (Å²) in [4.78, 5) is 22.3. The molecule has 1 amide bonds. The summed E-state index contributed by atoms with van der Waals surface area (Å²) >= 11 is 0. The third-order valence-corrected chi connectivity index (χ3v) is 3.21. The molecule has 0 aromatic carbocycles. The molecule has 1 atom stereocenters. The van der Waals surface area contributed by atoms with Gasteiger partial charge in [-0.3, -0.25) is 4.79 Å². The van der Waals surface area contributed by atoms with E-state index < -0.39 is 0 Å². The van der Waals surface area contributed by atoms with Crippen LogP contribution in [0.2, 0.25) is 0 Å². The Morgan fingerprint density at radius 3 is 2.72 bits per heavy atom. The van der Waals surface area contributed by atoms with Crippen molar-refractivity contribution < 1.29 is 4.79 Å². The number of piperidine rings is 1. The van der Waals surface area contributed by atoms with Crippen LogP contribution in [-0.4, -0.2) is 39.9 Å². The van der Waals surface area contributed by atoms with Gasteiger partial charge in [-0.1, -0.05) is 0 Å². The summed E-state index contributed by atoms with van der Waals surface area (Å²) in [6, 6.07) is 1.61. The highest BCUT2D eigenvalue weighted by Gasteiger charge is 2.22. The van der Waals surface area contributed by atoms with Crippen molar-refractivity contribution in [3.63, 3.8) is 0 Å². The topological polar surface area (TPSA) is 58.1 Å². The lowest BCUT2D eigenvalue weighted by Gasteiger charge is -2.29. The molecule has 1 aromatic rings. The molecule has 1 aromatic heterocycles. The fourth-order valence-electron chi connectivity index (χ4n) is 2.21. The monoisotopic (exact) mass is 248 g/mol. The molecule has 1 N–H and O–H groups in total. The summed E-state index contributed by atoms with van der Waals surface area (Å²) in [7, 11) is 0. The summed E-state index contributed by atoms with van der Waals surface area (Å²) in [5.41, 5.74) is 0.894. The molecule has 2 rings (SSSR count). The Labute approximate surface area is 108 Å². The van der Waals surface area contributed by atoms with Crippen molar-refractivity contribution in [3.05, 3.63) is 18.1 Å². The molecule has 0 saturated carbocycles. The first kappa shape index (κ1) is 12.8. The Kier molecular flexibility index (Phi) is 4.12. The Balaban J connectivity index is 1.94. The number of aromatic nitrogens is 2. The fourth-order valence-corrected chi connectivity index (χ4v) is 2.21. The molecule has 1 unspecified atom stereocenters. The number of nitrogens with zero attached hydrogens (tertiary/aromatic N) is 3. The van der Waals surface area contributed by atoms with Crippen LogP contribution in [0, 0.1) is 6.92 Å². The molecule has 18 heavy (non-hydrogen) atoms. The summed E-state index contributed by atoms with van der Waals surface area (Å²) in [5, 5.41) is 3.14. The van der Waals surface area contributed by atoms with E-state index in [0.717, 1.165) is 31.6 Å². The summed E-state index contributed by atoms with van der Waals surface area (Å²) in [6.07, 6.45) is 4.97. The van der Waals surface area contributed by atoms with Gasteiger partial charge in [0.15, 0.2) is 0 Å². The van der Waals surface area contributed by atoms with Crippen LogP contribution in [0.5, 0.6) is 0 Å². The number of anilines is 1. The number of amides is 1. The summed E-state index contributed by atoms with van der Waals surface area (Å²) in [6.45, 7) is 5.56. The van der Waals surface area contributed by atoms with Crippen molar-refractivity contribution in [1.82, 2.24) is 14.9 Å². The number of carbonyl (C=O) groups is 1. The maximum absolute atomic E-state index is 12.2. The molecule has 1 fully saturated rings. The van der Waals surface area contributed by atoms with Gasteiger partial charge in [0.25, 0.3) is 0 Å². The zero-order valence-corrected chi connectivity index (χ0v) is 11.0. The molecular weight excluding hydrogens is 228 g/mol.